The van der Waals surface area contributed by atoms with E-state index in [1.165, 1.54) is 32.4 Å². The third-order valence-corrected chi connectivity index (χ3v) is 3.93. The van der Waals surface area contributed by atoms with E-state index in [2.05, 4.69) is 5.32 Å². The lowest BCUT2D eigenvalue weighted by Gasteiger charge is -2.13. The van der Waals surface area contributed by atoms with Gasteiger partial charge in [-0.1, -0.05) is 18.2 Å². The van der Waals surface area contributed by atoms with Crippen LogP contribution in [-0.2, 0) is 11.0 Å². The number of carbonyl (C=O) groups is 1. The van der Waals surface area contributed by atoms with Crippen LogP contribution in [0.5, 0.6) is 11.5 Å². The van der Waals surface area contributed by atoms with Gasteiger partial charge in [-0.15, -0.1) is 0 Å². The maximum Gasteiger partial charge on any atom is 0.416 e. The van der Waals surface area contributed by atoms with Gasteiger partial charge < -0.3 is 19.9 Å². The van der Waals surface area contributed by atoms with E-state index >= 15 is 0 Å². The largest absolute Gasteiger partial charge is 0.493 e. The SMILES string of the molecule is COc1ccc(C=CC(=O)NCC(O)c2ccc(C(F)(F)F)cc2)cc1OC. The number of nitrogens with one attached hydrogen (secondary N) is 1. The van der Waals surface area contributed by atoms with Gasteiger partial charge in [-0.2, -0.15) is 13.2 Å². The Bertz CT molecular complexity index is 832. The Hall–Kier alpha value is -3.00. The molecule has 0 aliphatic carbocycles. The number of aliphatic hydroxyl groups is 1. The summed E-state index contributed by atoms with van der Waals surface area (Å²) >= 11 is 0. The molecule has 0 radical (unpaired) electrons. The number of aliphatic hydroxyl groups excluding tert-OH is 1. The second kappa shape index (κ2) is 9.27. The average molecular weight is 395 g/mol. The van der Waals surface area contributed by atoms with Crippen molar-refractivity contribution in [1.29, 1.82) is 0 Å². The van der Waals surface area contributed by atoms with Crippen LogP contribution < -0.4 is 14.8 Å². The maximum absolute atomic E-state index is 12.5. The first kappa shape index (κ1) is 21.3. The molecule has 0 aliphatic rings. The van der Waals surface area contributed by atoms with Gasteiger partial charge in [-0.3, -0.25) is 4.79 Å². The van der Waals surface area contributed by atoms with Crippen LogP contribution in [-0.4, -0.2) is 31.8 Å². The first-order chi connectivity index (χ1) is 13.2. The van der Waals surface area contributed by atoms with Gasteiger partial charge in [0.05, 0.1) is 25.9 Å². The number of hydrogen-bond acceptors (Lipinski definition) is 4. The van der Waals surface area contributed by atoms with Gasteiger partial charge in [0, 0.05) is 12.6 Å². The zero-order valence-electron chi connectivity index (χ0n) is 15.3. The molecule has 150 valence electrons. The van der Waals surface area contributed by atoms with Crippen LogP contribution >= 0.6 is 0 Å². The molecular weight excluding hydrogens is 375 g/mol. The fourth-order valence-electron chi connectivity index (χ4n) is 2.40. The first-order valence-corrected chi connectivity index (χ1v) is 8.27. The Kier molecular flexibility index (Phi) is 7.06. The normalized spacial score (nSPS) is 12.6. The summed E-state index contributed by atoms with van der Waals surface area (Å²) in [7, 11) is 3.02. The maximum atomic E-state index is 12.5. The predicted octanol–water partition coefficient (Wildman–Crippen LogP) is 3.59. The summed E-state index contributed by atoms with van der Waals surface area (Å²) in [5.74, 6) is 0.618. The van der Waals surface area contributed by atoms with E-state index in [9.17, 15) is 23.1 Å². The molecule has 0 aromatic heterocycles. The molecule has 0 spiro atoms. The second-order valence-electron chi connectivity index (χ2n) is 5.83. The number of methoxy groups -OCH3 is 2. The number of ether oxygens (including phenoxy) is 2. The summed E-state index contributed by atoms with van der Waals surface area (Å²) in [6.45, 7) is -0.138. The summed E-state index contributed by atoms with van der Waals surface area (Å²) in [4.78, 5) is 11.9. The van der Waals surface area contributed by atoms with Gasteiger partial charge in [0.25, 0.3) is 0 Å². The lowest BCUT2D eigenvalue weighted by atomic mass is 10.1. The molecule has 1 unspecified atom stereocenters. The summed E-state index contributed by atoms with van der Waals surface area (Å²) in [5.41, 5.74) is 0.179. The highest BCUT2D eigenvalue weighted by atomic mass is 19.4. The second-order valence-corrected chi connectivity index (χ2v) is 5.83. The van der Waals surface area contributed by atoms with Crippen molar-refractivity contribution in [1.82, 2.24) is 5.32 Å². The zero-order valence-corrected chi connectivity index (χ0v) is 15.3. The summed E-state index contributed by atoms with van der Waals surface area (Å²) in [6, 6.07) is 9.26. The van der Waals surface area contributed by atoms with Crippen LogP contribution in [0.2, 0.25) is 0 Å². The number of amides is 1. The smallest absolute Gasteiger partial charge is 0.416 e. The first-order valence-electron chi connectivity index (χ1n) is 8.27. The minimum atomic E-state index is -4.44. The van der Waals surface area contributed by atoms with Crippen LogP contribution in [0.25, 0.3) is 6.08 Å². The molecule has 8 heteroatoms. The Morgan fingerprint density at radius 1 is 1.11 bits per heavy atom. The van der Waals surface area contributed by atoms with Crippen LogP contribution in [0.1, 0.15) is 22.8 Å². The van der Waals surface area contributed by atoms with Crippen molar-refractivity contribution < 1.29 is 32.5 Å². The third kappa shape index (κ3) is 5.75. The lowest BCUT2D eigenvalue weighted by Crippen LogP contribution is -2.26. The number of carbonyl (C=O) groups excluding carboxylic acids is 1. The van der Waals surface area contributed by atoms with Gasteiger partial charge in [0.1, 0.15) is 0 Å². The van der Waals surface area contributed by atoms with E-state index in [1.54, 1.807) is 24.3 Å². The minimum absolute atomic E-state index is 0.138. The Balaban J connectivity index is 1.92. The van der Waals surface area contributed by atoms with Crippen LogP contribution in [0.4, 0.5) is 13.2 Å². The van der Waals surface area contributed by atoms with Crippen molar-refractivity contribution in [2.24, 2.45) is 0 Å². The standard InChI is InChI=1S/C20H20F3NO4/c1-27-17-9-3-13(11-18(17)28-2)4-10-19(26)24-12-16(25)14-5-7-15(8-6-14)20(21,22)23/h3-11,16,25H,12H2,1-2H3,(H,24,26). The Morgan fingerprint density at radius 3 is 2.32 bits per heavy atom. The molecule has 0 fully saturated rings. The fraction of sp³-hybridized carbons (Fsp3) is 0.250. The molecule has 2 aromatic rings. The number of halogens is 3. The molecule has 2 aromatic carbocycles. The van der Waals surface area contributed by atoms with Crippen molar-refractivity contribution >= 4 is 12.0 Å². The molecule has 28 heavy (non-hydrogen) atoms. The predicted molar refractivity (Wildman–Crippen MR) is 98.0 cm³/mol. The van der Waals surface area contributed by atoms with E-state index in [4.69, 9.17) is 9.47 Å². The van der Waals surface area contributed by atoms with Gasteiger partial charge in [-0.25, -0.2) is 0 Å². The third-order valence-electron chi connectivity index (χ3n) is 3.93. The molecule has 1 amide bonds. The van der Waals surface area contributed by atoms with Crippen LogP contribution in [0.3, 0.4) is 0 Å². The lowest BCUT2D eigenvalue weighted by molar-refractivity contribution is -0.137. The van der Waals surface area contributed by atoms with E-state index in [0.717, 1.165) is 12.1 Å². The van der Waals surface area contributed by atoms with Crippen molar-refractivity contribution in [2.75, 3.05) is 20.8 Å². The van der Waals surface area contributed by atoms with E-state index in [0.29, 0.717) is 17.1 Å². The molecule has 0 bridgehead atoms. The van der Waals surface area contributed by atoms with Gasteiger partial charge in [0.2, 0.25) is 5.91 Å². The molecule has 0 saturated carbocycles. The van der Waals surface area contributed by atoms with Crippen molar-refractivity contribution in [3.8, 4) is 11.5 Å². The summed E-state index contributed by atoms with van der Waals surface area (Å²) < 4.78 is 48.0. The van der Waals surface area contributed by atoms with Gasteiger partial charge in [0.15, 0.2) is 11.5 Å². The quantitative estimate of drug-likeness (QED) is 0.704. The highest BCUT2D eigenvalue weighted by Crippen LogP contribution is 2.30. The summed E-state index contributed by atoms with van der Waals surface area (Å²) in [6.07, 6.45) is -2.73. The molecular formula is C20H20F3NO4. The molecule has 0 saturated heterocycles. The van der Waals surface area contributed by atoms with Crippen LogP contribution in [0.15, 0.2) is 48.5 Å². The van der Waals surface area contributed by atoms with E-state index < -0.39 is 23.8 Å². The molecule has 5 nitrogen and oxygen atoms in total. The van der Waals surface area contributed by atoms with E-state index in [1.807, 2.05) is 0 Å². The van der Waals surface area contributed by atoms with Gasteiger partial charge in [-0.05, 0) is 41.5 Å². The van der Waals surface area contributed by atoms with Crippen molar-refractivity contribution in [2.45, 2.75) is 12.3 Å². The zero-order chi connectivity index (χ0) is 20.7. The van der Waals surface area contributed by atoms with E-state index in [-0.39, 0.29) is 12.1 Å². The molecule has 0 aliphatic heterocycles. The number of rotatable bonds is 7. The number of alkyl halides is 3. The Labute approximate surface area is 160 Å². The van der Waals surface area contributed by atoms with Crippen molar-refractivity contribution in [3.63, 3.8) is 0 Å². The van der Waals surface area contributed by atoms with Crippen molar-refractivity contribution in [3.05, 3.63) is 65.2 Å². The monoisotopic (exact) mass is 395 g/mol. The molecule has 2 N–H and O–H groups in total. The summed E-state index contributed by atoms with van der Waals surface area (Å²) in [5, 5.41) is 12.5. The molecule has 2 rings (SSSR count). The molecule has 0 heterocycles. The topological polar surface area (TPSA) is 67.8 Å². The Morgan fingerprint density at radius 2 is 1.75 bits per heavy atom. The minimum Gasteiger partial charge on any atom is -0.493 e. The number of hydrogen-bond donors (Lipinski definition) is 2. The molecule has 1 atom stereocenters. The van der Waals surface area contributed by atoms with Crippen LogP contribution in [0, 0.1) is 0 Å². The fourth-order valence-corrected chi connectivity index (χ4v) is 2.40. The highest BCUT2D eigenvalue weighted by Gasteiger charge is 2.30. The highest BCUT2D eigenvalue weighted by molar-refractivity contribution is 5.91. The average Bonchev–Trinajstić information content (AvgIpc) is 2.69. The number of benzene rings is 2. The van der Waals surface area contributed by atoms with Gasteiger partial charge >= 0.3 is 6.18 Å².